The summed E-state index contributed by atoms with van der Waals surface area (Å²) in [5, 5.41) is 15.2. The molecular formula is C6H8BrN7. The Bertz CT molecular complexity index is 445. The highest BCUT2D eigenvalue weighted by Gasteiger charge is 2.12. The molecule has 0 aliphatic carbocycles. The Balaban J connectivity index is 2.54. The molecule has 74 valence electrons. The van der Waals surface area contributed by atoms with E-state index in [4.69, 9.17) is 5.73 Å². The highest BCUT2D eigenvalue weighted by Crippen LogP contribution is 2.19. The molecule has 8 heteroatoms. The Morgan fingerprint density at radius 1 is 1.57 bits per heavy atom. The predicted octanol–water partition coefficient (Wildman–Crippen LogP) is -0.383. The molecule has 0 spiro atoms. The Morgan fingerprint density at radius 3 is 2.93 bits per heavy atom. The van der Waals surface area contributed by atoms with E-state index in [-0.39, 0.29) is 6.54 Å². The Morgan fingerprint density at radius 2 is 2.36 bits per heavy atom. The van der Waals surface area contributed by atoms with Crippen LogP contribution in [0.1, 0.15) is 5.82 Å². The maximum absolute atomic E-state index is 5.48. The Kier molecular flexibility index (Phi) is 2.30. The lowest BCUT2D eigenvalue weighted by Crippen LogP contribution is -2.08. The van der Waals surface area contributed by atoms with E-state index < -0.39 is 0 Å². The van der Waals surface area contributed by atoms with Crippen LogP contribution < -0.4 is 5.73 Å². The van der Waals surface area contributed by atoms with Crippen molar-refractivity contribution < 1.29 is 0 Å². The van der Waals surface area contributed by atoms with Gasteiger partial charge in [-0.3, -0.25) is 4.68 Å². The normalized spacial score (nSPS) is 10.8. The van der Waals surface area contributed by atoms with Crippen molar-refractivity contribution in [2.24, 2.45) is 12.8 Å². The van der Waals surface area contributed by atoms with Gasteiger partial charge in [0.1, 0.15) is 10.3 Å². The van der Waals surface area contributed by atoms with Crippen molar-refractivity contribution in [2.45, 2.75) is 6.54 Å². The molecule has 2 aromatic rings. The van der Waals surface area contributed by atoms with Crippen LogP contribution in [-0.4, -0.2) is 30.0 Å². The van der Waals surface area contributed by atoms with Crippen LogP contribution in [-0.2, 0) is 13.6 Å². The smallest absolute Gasteiger partial charge is 0.170 e. The van der Waals surface area contributed by atoms with Crippen molar-refractivity contribution in [2.75, 3.05) is 0 Å². The summed E-state index contributed by atoms with van der Waals surface area (Å²) in [6, 6.07) is 0. The highest BCUT2D eigenvalue weighted by molar-refractivity contribution is 9.10. The second kappa shape index (κ2) is 3.46. The van der Waals surface area contributed by atoms with Gasteiger partial charge in [-0.05, 0) is 26.4 Å². The molecule has 0 radical (unpaired) electrons. The van der Waals surface area contributed by atoms with Crippen LogP contribution in [0, 0.1) is 0 Å². The number of halogens is 1. The van der Waals surface area contributed by atoms with Crippen LogP contribution in [0.25, 0.3) is 5.69 Å². The van der Waals surface area contributed by atoms with Gasteiger partial charge in [0.25, 0.3) is 0 Å². The molecule has 0 unspecified atom stereocenters. The third kappa shape index (κ3) is 1.32. The first-order valence-electron chi connectivity index (χ1n) is 3.89. The fourth-order valence-electron chi connectivity index (χ4n) is 1.07. The van der Waals surface area contributed by atoms with Gasteiger partial charge in [-0.15, -0.1) is 5.10 Å². The molecule has 0 atom stereocenters. The van der Waals surface area contributed by atoms with Gasteiger partial charge >= 0.3 is 0 Å². The molecule has 0 fully saturated rings. The average molecular weight is 258 g/mol. The van der Waals surface area contributed by atoms with E-state index in [9.17, 15) is 0 Å². The molecule has 0 aliphatic heterocycles. The second-order valence-electron chi connectivity index (χ2n) is 2.66. The Labute approximate surface area is 88.0 Å². The van der Waals surface area contributed by atoms with Crippen LogP contribution in [0.3, 0.4) is 0 Å². The lowest BCUT2D eigenvalue weighted by atomic mass is 10.5. The van der Waals surface area contributed by atoms with E-state index in [1.165, 1.54) is 0 Å². The molecule has 7 nitrogen and oxygen atoms in total. The number of rotatable bonds is 2. The Hall–Kier alpha value is -1.28. The van der Waals surface area contributed by atoms with Crippen molar-refractivity contribution >= 4 is 15.9 Å². The van der Waals surface area contributed by atoms with Gasteiger partial charge in [0.05, 0.1) is 12.7 Å². The van der Waals surface area contributed by atoms with Crippen LogP contribution >= 0.6 is 15.9 Å². The molecule has 2 rings (SSSR count). The summed E-state index contributed by atoms with van der Waals surface area (Å²) in [5.74, 6) is 0.596. The largest absolute Gasteiger partial charge is 0.324 e. The zero-order valence-corrected chi connectivity index (χ0v) is 9.01. The summed E-state index contributed by atoms with van der Waals surface area (Å²) in [7, 11) is 1.82. The molecule has 2 N–H and O–H groups in total. The third-order valence-corrected chi connectivity index (χ3v) is 2.71. The summed E-state index contributed by atoms with van der Waals surface area (Å²) in [4.78, 5) is 0. The van der Waals surface area contributed by atoms with Crippen LogP contribution in [0.4, 0.5) is 0 Å². The maximum atomic E-state index is 5.48. The fourth-order valence-corrected chi connectivity index (χ4v) is 1.44. The van der Waals surface area contributed by atoms with Gasteiger partial charge in [0.15, 0.2) is 5.82 Å². The van der Waals surface area contributed by atoms with E-state index in [1.54, 1.807) is 15.6 Å². The number of nitrogens with zero attached hydrogens (tertiary/aromatic N) is 6. The fraction of sp³-hybridized carbons (Fsp3) is 0.333. The molecule has 0 amide bonds. The minimum absolute atomic E-state index is 0.286. The highest BCUT2D eigenvalue weighted by atomic mass is 79.9. The van der Waals surface area contributed by atoms with Crippen molar-refractivity contribution in [1.29, 1.82) is 0 Å². The monoisotopic (exact) mass is 257 g/mol. The molecule has 14 heavy (non-hydrogen) atoms. The summed E-state index contributed by atoms with van der Waals surface area (Å²) in [5.41, 5.74) is 6.26. The van der Waals surface area contributed by atoms with Gasteiger partial charge < -0.3 is 5.73 Å². The van der Waals surface area contributed by atoms with Crippen molar-refractivity contribution in [3.63, 3.8) is 0 Å². The summed E-state index contributed by atoms with van der Waals surface area (Å²) < 4.78 is 4.04. The summed E-state index contributed by atoms with van der Waals surface area (Å²) in [6.45, 7) is 0.286. The average Bonchev–Trinajstić information content (AvgIpc) is 2.75. The molecule has 0 saturated heterocycles. The summed E-state index contributed by atoms with van der Waals surface area (Å²) in [6.07, 6.45) is 1.67. The van der Waals surface area contributed by atoms with Gasteiger partial charge in [-0.25, -0.2) is 0 Å². The van der Waals surface area contributed by atoms with Gasteiger partial charge in [-0.1, -0.05) is 0 Å². The van der Waals surface area contributed by atoms with Gasteiger partial charge in [0.2, 0.25) is 0 Å². The van der Waals surface area contributed by atoms with Crippen molar-refractivity contribution in [3.05, 3.63) is 16.6 Å². The maximum Gasteiger partial charge on any atom is 0.170 e. The summed E-state index contributed by atoms with van der Waals surface area (Å²) >= 11 is 3.38. The van der Waals surface area contributed by atoms with E-state index >= 15 is 0 Å². The van der Waals surface area contributed by atoms with Crippen molar-refractivity contribution in [3.8, 4) is 5.69 Å². The minimum Gasteiger partial charge on any atom is -0.324 e. The minimum atomic E-state index is 0.286. The number of nitrogens with two attached hydrogens (primary N) is 1. The zero-order valence-electron chi connectivity index (χ0n) is 7.42. The first-order valence-corrected chi connectivity index (χ1v) is 4.68. The zero-order chi connectivity index (χ0) is 10.1. The molecule has 0 bridgehead atoms. The lowest BCUT2D eigenvalue weighted by Gasteiger charge is -1.99. The number of hydrogen-bond donors (Lipinski definition) is 1. The van der Waals surface area contributed by atoms with E-state index in [2.05, 4.69) is 36.6 Å². The molecular weight excluding hydrogens is 250 g/mol. The van der Waals surface area contributed by atoms with E-state index in [0.717, 1.165) is 10.3 Å². The number of tetrazole rings is 1. The quantitative estimate of drug-likeness (QED) is 0.793. The number of hydrogen-bond acceptors (Lipinski definition) is 5. The molecule has 0 aliphatic rings. The topological polar surface area (TPSA) is 87.4 Å². The molecule has 0 aromatic carbocycles. The SMILES string of the molecule is Cn1ncc(-n2nnnc2CN)c1Br. The van der Waals surface area contributed by atoms with Crippen LogP contribution in [0.5, 0.6) is 0 Å². The standard InChI is InChI=1S/C6H8BrN7/c1-13-6(7)4(3-9-13)14-5(2-8)10-11-12-14/h3H,2,8H2,1H3. The van der Waals surface area contributed by atoms with Crippen LogP contribution in [0.2, 0.25) is 0 Å². The molecule has 2 aromatic heterocycles. The van der Waals surface area contributed by atoms with Gasteiger partial charge in [0, 0.05) is 7.05 Å². The first kappa shape index (κ1) is 9.28. The third-order valence-electron chi connectivity index (χ3n) is 1.79. The van der Waals surface area contributed by atoms with E-state index in [0.29, 0.717) is 5.82 Å². The molecule has 0 saturated carbocycles. The second-order valence-corrected chi connectivity index (χ2v) is 3.41. The predicted molar refractivity (Wildman–Crippen MR) is 51.5 cm³/mol. The van der Waals surface area contributed by atoms with Crippen LogP contribution in [0.15, 0.2) is 10.8 Å². The van der Waals surface area contributed by atoms with E-state index in [1.807, 2.05) is 7.05 Å². The van der Waals surface area contributed by atoms with Gasteiger partial charge in [-0.2, -0.15) is 9.78 Å². The lowest BCUT2D eigenvalue weighted by molar-refractivity contribution is 0.735. The number of aromatic nitrogens is 6. The van der Waals surface area contributed by atoms with Crippen molar-refractivity contribution in [1.82, 2.24) is 30.0 Å². The molecule has 2 heterocycles. The number of aryl methyl sites for hydroxylation is 1. The first-order chi connectivity index (χ1) is 6.74.